The van der Waals surface area contributed by atoms with Crippen LogP contribution in [0, 0.1) is 5.92 Å². The van der Waals surface area contributed by atoms with Crippen molar-refractivity contribution in [1.82, 2.24) is 10.2 Å². The average Bonchev–Trinajstić information content (AvgIpc) is 2.82. The number of nitrogens with zero attached hydrogens (tertiary/aromatic N) is 1. The van der Waals surface area contributed by atoms with Crippen LogP contribution in [0.15, 0.2) is 48.5 Å². The first-order chi connectivity index (χ1) is 15.4. The van der Waals surface area contributed by atoms with Crippen LogP contribution in [0.4, 0.5) is 5.69 Å². The summed E-state index contributed by atoms with van der Waals surface area (Å²) in [5.41, 5.74) is 2.28. The second-order valence-electron chi connectivity index (χ2n) is 8.48. The van der Waals surface area contributed by atoms with Gasteiger partial charge in [0, 0.05) is 30.3 Å². The van der Waals surface area contributed by atoms with E-state index >= 15 is 0 Å². The summed E-state index contributed by atoms with van der Waals surface area (Å²) < 4.78 is 6.32. The van der Waals surface area contributed by atoms with Gasteiger partial charge in [0.05, 0.1) is 25.5 Å². The van der Waals surface area contributed by atoms with Crippen molar-refractivity contribution < 1.29 is 19.4 Å². The van der Waals surface area contributed by atoms with Crippen molar-refractivity contribution >= 4 is 17.5 Å². The molecule has 7 heteroatoms. The second-order valence-corrected chi connectivity index (χ2v) is 8.48. The lowest BCUT2D eigenvalue weighted by Gasteiger charge is -2.32. The molecule has 0 saturated heterocycles. The predicted molar refractivity (Wildman–Crippen MR) is 125 cm³/mol. The highest BCUT2D eigenvalue weighted by atomic mass is 16.5. The van der Waals surface area contributed by atoms with E-state index in [1.807, 2.05) is 56.4 Å². The molecule has 2 aromatic carbocycles. The van der Waals surface area contributed by atoms with Gasteiger partial charge in [0.15, 0.2) is 0 Å². The number of likely N-dealkylation sites (N-methyl/N-ethyl adjacent to an activating group) is 1. The monoisotopic (exact) mass is 439 g/mol. The third-order valence-electron chi connectivity index (χ3n) is 5.81. The van der Waals surface area contributed by atoms with Gasteiger partial charge in [0.25, 0.3) is 0 Å². The number of anilines is 1. The molecule has 0 spiro atoms. The Hall–Kier alpha value is -2.90. The SMILES string of the molecule is CNC[C@@H]1Oc2ccc(NC(=O)Cc3ccccc3)cc2CC(=O)N([C@@H](C)CO)C[C@@H]1C. The molecule has 32 heavy (non-hydrogen) atoms. The van der Waals surface area contributed by atoms with Gasteiger partial charge >= 0.3 is 0 Å². The molecule has 3 atom stereocenters. The number of aliphatic hydroxyl groups is 1. The first-order valence-electron chi connectivity index (χ1n) is 11.1. The van der Waals surface area contributed by atoms with E-state index in [0.29, 0.717) is 24.5 Å². The molecular formula is C25H33N3O4. The number of carbonyl (C=O) groups is 2. The highest BCUT2D eigenvalue weighted by Crippen LogP contribution is 2.29. The third kappa shape index (κ3) is 6.08. The highest BCUT2D eigenvalue weighted by molar-refractivity contribution is 5.92. The summed E-state index contributed by atoms with van der Waals surface area (Å²) in [5.74, 6) is 0.520. The Morgan fingerprint density at radius 1 is 1.25 bits per heavy atom. The number of rotatable bonds is 7. The lowest BCUT2D eigenvalue weighted by atomic mass is 10.0. The van der Waals surface area contributed by atoms with Crippen molar-refractivity contribution in [1.29, 1.82) is 0 Å². The normalized spacial score (nSPS) is 19.8. The summed E-state index contributed by atoms with van der Waals surface area (Å²) in [6.45, 7) is 4.93. The van der Waals surface area contributed by atoms with Gasteiger partial charge in [0.2, 0.25) is 11.8 Å². The molecule has 0 saturated carbocycles. The van der Waals surface area contributed by atoms with Crippen LogP contribution in [0.2, 0.25) is 0 Å². The fourth-order valence-electron chi connectivity index (χ4n) is 3.94. The van der Waals surface area contributed by atoms with E-state index in [-0.39, 0.29) is 49.3 Å². The molecule has 2 amide bonds. The molecule has 0 bridgehead atoms. The zero-order valence-corrected chi connectivity index (χ0v) is 19.0. The minimum Gasteiger partial charge on any atom is -0.488 e. The molecule has 0 fully saturated rings. The Morgan fingerprint density at radius 2 is 2.00 bits per heavy atom. The molecule has 0 aromatic heterocycles. The summed E-state index contributed by atoms with van der Waals surface area (Å²) >= 11 is 0. The largest absolute Gasteiger partial charge is 0.488 e. The summed E-state index contributed by atoms with van der Waals surface area (Å²) in [5, 5.41) is 15.8. The molecule has 0 radical (unpaired) electrons. The van der Waals surface area contributed by atoms with Crippen molar-refractivity contribution in [3.8, 4) is 5.75 Å². The minimum atomic E-state index is -0.282. The van der Waals surface area contributed by atoms with E-state index in [1.165, 1.54) is 0 Å². The smallest absolute Gasteiger partial charge is 0.228 e. The van der Waals surface area contributed by atoms with Crippen LogP contribution in [0.25, 0.3) is 0 Å². The molecule has 7 nitrogen and oxygen atoms in total. The van der Waals surface area contributed by atoms with Crippen LogP contribution >= 0.6 is 0 Å². The second kappa shape index (κ2) is 11.1. The van der Waals surface area contributed by atoms with Crippen molar-refractivity contribution in [3.05, 3.63) is 59.7 Å². The number of carbonyl (C=O) groups excluding carboxylic acids is 2. The van der Waals surface area contributed by atoms with Crippen LogP contribution in [-0.2, 0) is 22.4 Å². The topological polar surface area (TPSA) is 90.9 Å². The fraction of sp³-hybridized carbons (Fsp3) is 0.440. The van der Waals surface area contributed by atoms with Gasteiger partial charge in [-0.1, -0.05) is 37.3 Å². The summed E-state index contributed by atoms with van der Waals surface area (Å²) in [6.07, 6.45) is 0.273. The number of hydrogen-bond acceptors (Lipinski definition) is 5. The summed E-state index contributed by atoms with van der Waals surface area (Å²) in [7, 11) is 1.87. The highest BCUT2D eigenvalue weighted by Gasteiger charge is 2.30. The number of nitrogens with one attached hydrogen (secondary N) is 2. The lowest BCUT2D eigenvalue weighted by molar-refractivity contribution is -0.134. The molecule has 3 rings (SSSR count). The molecule has 0 unspecified atom stereocenters. The molecule has 1 heterocycles. The van der Waals surface area contributed by atoms with E-state index in [9.17, 15) is 14.7 Å². The maximum Gasteiger partial charge on any atom is 0.228 e. The maximum atomic E-state index is 13.1. The van der Waals surface area contributed by atoms with E-state index in [1.54, 1.807) is 11.0 Å². The first kappa shape index (κ1) is 23.8. The Labute approximate surface area is 189 Å². The predicted octanol–water partition coefficient (Wildman–Crippen LogP) is 2.24. The molecule has 0 aliphatic carbocycles. The number of hydrogen-bond donors (Lipinski definition) is 3. The maximum absolute atomic E-state index is 13.1. The minimum absolute atomic E-state index is 0.0663. The Morgan fingerprint density at radius 3 is 2.69 bits per heavy atom. The van der Waals surface area contributed by atoms with Crippen molar-refractivity contribution in [3.63, 3.8) is 0 Å². The van der Waals surface area contributed by atoms with E-state index < -0.39 is 0 Å². The lowest BCUT2D eigenvalue weighted by Crippen LogP contribution is -2.47. The number of amides is 2. The quantitative estimate of drug-likeness (QED) is 0.616. The molecule has 1 aliphatic heterocycles. The summed E-state index contributed by atoms with van der Waals surface area (Å²) in [6, 6.07) is 14.7. The van der Waals surface area contributed by atoms with Gasteiger partial charge < -0.3 is 25.4 Å². The fourth-order valence-corrected chi connectivity index (χ4v) is 3.94. The van der Waals surface area contributed by atoms with Gasteiger partial charge in [-0.3, -0.25) is 9.59 Å². The van der Waals surface area contributed by atoms with E-state index in [4.69, 9.17) is 4.74 Å². The molecular weight excluding hydrogens is 406 g/mol. The number of aliphatic hydroxyl groups excluding tert-OH is 1. The number of benzene rings is 2. The molecule has 1 aliphatic rings. The van der Waals surface area contributed by atoms with Crippen LogP contribution in [0.5, 0.6) is 5.75 Å². The van der Waals surface area contributed by atoms with Gasteiger partial charge in [-0.05, 0) is 37.7 Å². The van der Waals surface area contributed by atoms with E-state index in [2.05, 4.69) is 17.6 Å². The molecule has 2 aromatic rings. The van der Waals surface area contributed by atoms with Crippen molar-refractivity contribution in [2.45, 2.75) is 38.8 Å². The van der Waals surface area contributed by atoms with Crippen LogP contribution in [0.1, 0.15) is 25.0 Å². The van der Waals surface area contributed by atoms with Gasteiger partial charge in [-0.2, -0.15) is 0 Å². The van der Waals surface area contributed by atoms with Gasteiger partial charge in [-0.15, -0.1) is 0 Å². The Balaban J connectivity index is 1.85. The van der Waals surface area contributed by atoms with Crippen LogP contribution in [-0.4, -0.2) is 60.7 Å². The number of ether oxygens (including phenoxy) is 1. The van der Waals surface area contributed by atoms with Crippen molar-refractivity contribution in [2.75, 3.05) is 32.1 Å². The average molecular weight is 440 g/mol. The van der Waals surface area contributed by atoms with Gasteiger partial charge in [-0.25, -0.2) is 0 Å². The number of fused-ring (bicyclic) bond motifs is 1. The Kier molecular flexibility index (Phi) is 8.25. The third-order valence-corrected chi connectivity index (χ3v) is 5.81. The van der Waals surface area contributed by atoms with Crippen molar-refractivity contribution in [2.24, 2.45) is 5.92 Å². The van der Waals surface area contributed by atoms with Crippen LogP contribution < -0.4 is 15.4 Å². The zero-order chi connectivity index (χ0) is 23.1. The van der Waals surface area contributed by atoms with Gasteiger partial charge in [0.1, 0.15) is 11.9 Å². The summed E-state index contributed by atoms with van der Waals surface area (Å²) in [4.78, 5) is 27.4. The standard InChI is InChI=1S/C25H33N3O4/c1-17-15-28(18(2)16-29)25(31)13-20-12-21(9-10-22(20)32-23(17)14-26-3)27-24(30)11-19-7-5-4-6-8-19/h4-10,12,17-18,23,26,29H,11,13-16H2,1-3H3,(H,27,30)/t17-,18-,23-/m0/s1. The van der Waals surface area contributed by atoms with E-state index in [0.717, 1.165) is 11.1 Å². The Bertz CT molecular complexity index is 919. The first-order valence-corrected chi connectivity index (χ1v) is 11.1. The zero-order valence-electron chi connectivity index (χ0n) is 19.0. The van der Waals surface area contributed by atoms with Crippen LogP contribution in [0.3, 0.4) is 0 Å². The molecule has 172 valence electrons. The molecule has 3 N–H and O–H groups in total.